The molecule has 0 spiro atoms. The number of allylic oxidation sites excluding steroid dienone is 1. The molecular weight excluding hydrogens is 338 g/mol. The molecule has 3 aromatic rings. The van der Waals surface area contributed by atoms with E-state index in [9.17, 15) is 4.79 Å². The van der Waals surface area contributed by atoms with Gasteiger partial charge in [0, 0.05) is 27.6 Å². The van der Waals surface area contributed by atoms with Crippen LogP contribution >= 0.6 is 15.9 Å². The zero-order chi connectivity index (χ0) is 15.5. The van der Waals surface area contributed by atoms with Crippen molar-refractivity contribution in [1.29, 1.82) is 0 Å². The fourth-order valence-electron chi connectivity index (χ4n) is 2.37. The summed E-state index contributed by atoms with van der Waals surface area (Å²) in [6.07, 6.45) is 5.50. The van der Waals surface area contributed by atoms with E-state index in [1.54, 1.807) is 6.08 Å². The lowest BCUT2D eigenvalue weighted by atomic mass is 10.1. The van der Waals surface area contributed by atoms with Crippen LogP contribution in [0, 0.1) is 0 Å². The Bertz CT molecular complexity index is 866. The number of aryl methyl sites for hydroxylation is 1. The molecule has 0 aliphatic rings. The Kier molecular flexibility index (Phi) is 4.16. The summed E-state index contributed by atoms with van der Waals surface area (Å²) in [5, 5.41) is 1.16. The second-order valence-corrected chi connectivity index (χ2v) is 6.06. The van der Waals surface area contributed by atoms with Gasteiger partial charge >= 0.3 is 0 Å². The lowest BCUT2D eigenvalue weighted by Gasteiger charge is -1.99. The van der Waals surface area contributed by atoms with Gasteiger partial charge in [0.1, 0.15) is 7.05 Å². The molecule has 0 radical (unpaired) electrons. The second kappa shape index (κ2) is 6.24. The van der Waals surface area contributed by atoms with Crippen LogP contribution in [0.1, 0.15) is 15.9 Å². The van der Waals surface area contributed by atoms with E-state index in [0.717, 1.165) is 15.4 Å². The monoisotopic (exact) mass is 352 g/mol. The Morgan fingerprint density at radius 2 is 1.86 bits per heavy atom. The van der Waals surface area contributed by atoms with Crippen LogP contribution in [-0.4, -0.2) is 5.78 Å². The number of carbonyl (C=O) groups excluding carboxylic acids is 1. The van der Waals surface area contributed by atoms with Crippen molar-refractivity contribution < 1.29 is 9.36 Å². The van der Waals surface area contributed by atoms with Gasteiger partial charge in [0.15, 0.2) is 12.0 Å². The van der Waals surface area contributed by atoms with Crippen molar-refractivity contribution >= 4 is 38.7 Å². The first-order valence-corrected chi connectivity index (χ1v) is 7.79. The first-order chi connectivity index (χ1) is 10.6. The molecule has 108 valence electrons. The Balaban J connectivity index is 1.86. The topological polar surface area (TPSA) is 20.9 Å². The highest BCUT2D eigenvalue weighted by Gasteiger charge is 2.04. The van der Waals surface area contributed by atoms with E-state index in [1.807, 2.05) is 55.7 Å². The predicted octanol–water partition coefficient (Wildman–Crippen LogP) is 4.32. The maximum absolute atomic E-state index is 12.1. The van der Waals surface area contributed by atoms with E-state index in [0.29, 0.717) is 5.56 Å². The van der Waals surface area contributed by atoms with Gasteiger partial charge in [-0.2, -0.15) is 0 Å². The molecule has 0 N–H and O–H groups in total. The molecule has 1 heterocycles. The van der Waals surface area contributed by atoms with Crippen LogP contribution in [0.4, 0.5) is 0 Å². The van der Waals surface area contributed by atoms with Gasteiger partial charge in [0.25, 0.3) is 0 Å². The summed E-state index contributed by atoms with van der Waals surface area (Å²) < 4.78 is 3.05. The third-order valence-corrected chi connectivity index (χ3v) is 4.10. The SMILES string of the molecule is C[n+]1cccc2cc(/C=C/C(=O)c3ccc(Br)cc3)ccc21. The largest absolute Gasteiger partial charge is 0.289 e. The molecule has 0 saturated carbocycles. The maximum Gasteiger partial charge on any atom is 0.212 e. The Labute approximate surface area is 137 Å². The molecule has 0 aliphatic carbocycles. The maximum atomic E-state index is 12.1. The fourth-order valence-corrected chi connectivity index (χ4v) is 2.63. The number of aromatic nitrogens is 1. The van der Waals surface area contributed by atoms with Gasteiger partial charge in [0.05, 0.1) is 0 Å². The number of nitrogens with zero attached hydrogens (tertiary/aromatic N) is 1. The standard InChI is InChI=1S/C19H15BrNO/c1-21-12-2-3-16-13-14(4-10-18(16)21)5-11-19(22)15-6-8-17(20)9-7-15/h2-13H,1H3/q+1/b11-5+. The Morgan fingerprint density at radius 1 is 1.09 bits per heavy atom. The number of halogens is 1. The smallest absolute Gasteiger partial charge is 0.212 e. The van der Waals surface area contributed by atoms with Crippen LogP contribution in [0.2, 0.25) is 0 Å². The summed E-state index contributed by atoms with van der Waals surface area (Å²) in [5.41, 5.74) is 2.87. The van der Waals surface area contributed by atoms with Gasteiger partial charge < -0.3 is 0 Å². The van der Waals surface area contributed by atoms with Crippen LogP contribution in [-0.2, 0) is 7.05 Å². The van der Waals surface area contributed by atoms with E-state index in [4.69, 9.17) is 0 Å². The van der Waals surface area contributed by atoms with E-state index in [1.165, 1.54) is 5.52 Å². The van der Waals surface area contributed by atoms with Gasteiger partial charge in [-0.15, -0.1) is 0 Å². The van der Waals surface area contributed by atoms with Crippen molar-refractivity contribution in [2.45, 2.75) is 0 Å². The third-order valence-electron chi connectivity index (χ3n) is 3.57. The van der Waals surface area contributed by atoms with Gasteiger partial charge in [-0.05, 0) is 54.1 Å². The highest BCUT2D eigenvalue weighted by Crippen LogP contribution is 2.15. The number of rotatable bonds is 3. The van der Waals surface area contributed by atoms with E-state index >= 15 is 0 Å². The first kappa shape index (κ1) is 14.7. The molecule has 2 aromatic carbocycles. The number of carbonyl (C=O) groups is 1. The minimum absolute atomic E-state index is 0.00575. The van der Waals surface area contributed by atoms with Crippen molar-refractivity contribution in [3.8, 4) is 0 Å². The third kappa shape index (κ3) is 3.15. The summed E-state index contributed by atoms with van der Waals surface area (Å²) in [5.74, 6) is 0.00575. The second-order valence-electron chi connectivity index (χ2n) is 5.14. The number of hydrogen-bond donors (Lipinski definition) is 0. The van der Waals surface area contributed by atoms with E-state index < -0.39 is 0 Å². The molecule has 0 atom stereocenters. The van der Waals surface area contributed by atoms with Gasteiger partial charge in [-0.25, -0.2) is 4.57 Å². The number of hydrogen-bond acceptors (Lipinski definition) is 1. The average Bonchev–Trinajstić information content (AvgIpc) is 2.53. The predicted molar refractivity (Wildman–Crippen MR) is 92.6 cm³/mol. The van der Waals surface area contributed by atoms with Crippen molar-refractivity contribution in [3.63, 3.8) is 0 Å². The fraction of sp³-hybridized carbons (Fsp3) is 0.0526. The van der Waals surface area contributed by atoms with E-state index in [2.05, 4.69) is 38.7 Å². The van der Waals surface area contributed by atoms with Gasteiger partial charge in [0.2, 0.25) is 5.52 Å². The number of fused-ring (bicyclic) bond motifs is 1. The molecule has 3 rings (SSSR count). The van der Waals surface area contributed by atoms with Crippen LogP contribution in [0.3, 0.4) is 0 Å². The lowest BCUT2D eigenvalue weighted by Crippen LogP contribution is -2.27. The molecule has 0 bridgehead atoms. The van der Waals surface area contributed by atoms with Crippen LogP contribution in [0.15, 0.2) is 71.3 Å². The first-order valence-electron chi connectivity index (χ1n) is 7.00. The van der Waals surface area contributed by atoms with Crippen molar-refractivity contribution in [3.05, 3.63) is 82.5 Å². The minimum atomic E-state index is 0.00575. The molecule has 22 heavy (non-hydrogen) atoms. The molecule has 0 aliphatic heterocycles. The van der Waals surface area contributed by atoms with Crippen molar-refractivity contribution in [2.24, 2.45) is 7.05 Å². The number of pyridine rings is 1. The highest BCUT2D eigenvalue weighted by molar-refractivity contribution is 9.10. The molecular formula is C19H15BrNO+. The normalized spacial score (nSPS) is 11.2. The van der Waals surface area contributed by atoms with Crippen LogP contribution < -0.4 is 4.57 Å². The molecule has 2 nitrogen and oxygen atoms in total. The van der Waals surface area contributed by atoms with Crippen molar-refractivity contribution in [2.75, 3.05) is 0 Å². The molecule has 0 fully saturated rings. The summed E-state index contributed by atoms with van der Waals surface area (Å²) in [6.45, 7) is 0. The summed E-state index contributed by atoms with van der Waals surface area (Å²) in [7, 11) is 2.02. The summed E-state index contributed by atoms with van der Waals surface area (Å²) in [6, 6.07) is 17.6. The van der Waals surface area contributed by atoms with Gasteiger partial charge in [-0.3, -0.25) is 4.79 Å². The minimum Gasteiger partial charge on any atom is -0.289 e. The Hall–Kier alpha value is -2.26. The number of ketones is 1. The van der Waals surface area contributed by atoms with Crippen molar-refractivity contribution in [1.82, 2.24) is 0 Å². The summed E-state index contributed by atoms with van der Waals surface area (Å²) >= 11 is 3.37. The van der Waals surface area contributed by atoms with E-state index in [-0.39, 0.29) is 5.78 Å². The van der Waals surface area contributed by atoms with Crippen LogP contribution in [0.25, 0.3) is 17.0 Å². The zero-order valence-corrected chi connectivity index (χ0v) is 13.7. The average molecular weight is 353 g/mol. The molecule has 0 amide bonds. The van der Waals surface area contributed by atoms with Gasteiger partial charge in [-0.1, -0.05) is 22.0 Å². The summed E-state index contributed by atoms with van der Waals surface area (Å²) in [4.78, 5) is 12.1. The van der Waals surface area contributed by atoms with Crippen LogP contribution in [0.5, 0.6) is 0 Å². The molecule has 0 saturated heterocycles. The molecule has 3 heteroatoms. The lowest BCUT2D eigenvalue weighted by molar-refractivity contribution is -0.644. The molecule has 1 aromatic heterocycles. The zero-order valence-electron chi connectivity index (χ0n) is 12.2. The Morgan fingerprint density at radius 3 is 2.64 bits per heavy atom. The highest BCUT2D eigenvalue weighted by atomic mass is 79.9. The quantitative estimate of drug-likeness (QED) is 0.390. The number of benzene rings is 2. The molecule has 0 unspecified atom stereocenters.